The Morgan fingerprint density at radius 3 is 2.56 bits per heavy atom. The number of phenols is 1. The molecule has 3 aromatic carbocycles. The summed E-state index contributed by atoms with van der Waals surface area (Å²) in [5, 5.41) is 14.8. The van der Waals surface area contributed by atoms with Crippen molar-refractivity contribution in [3.8, 4) is 17.2 Å². The van der Waals surface area contributed by atoms with Crippen LogP contribution >= 0.6 is 0 Å². The molecular formula is C20H19NO4. The Morgan fingerprint density at radius 2 is 1.76 bits per heavy atom. The number of carbonyl (C=O) groups is 1. The molecule has 5 heteroatoms. The molecule has 0 atom stereocenters. The zero-order valence-electron chi connectivity index (χ0n) is 13.9. The van der Waals surface area contributed by atoms with E-state index in [1.54, 1.807) is 6.07 Å². The predicted octanol–water partition coefficient (Wildman–Crippen LogP) is 3.36. The molecular weight excluding hydrogens is 318 g/mol. The van der Waals surface area contributed by atoms with E-state index in [0.717, 1.165) is 16.5 Å². The van der Waals surface area contributed by atoms with Gasteiger partial charge in [-0.1, -0.05) is 30.3 Å². The van der Waals surface area contributed by atoms with E-state index in [9.17, 15) is 9.90 Å². The van der Waals surface area contributed by atoms with Crippen LogP contribution in [0.1, 0.15) is 10.4 Å². The summed E-state index contributed by atoms with van der Waals surface area (Å²) in [4.78, 5) is 12.1. The molecule has 3 rings (SSSR count). The summed E-state index contributed by atoms with van der Waals surface area (Å²) in [5.41, 5.74) is 0.171. The number of aromatic hydroxyl groups is 1. The number of ether oxygens (including phenoxy) is 2. The van der Waals surface area contributed by atoms with Crippen molar-refractivity contribution in [3.63, 3.8) is 0 Å². The summed E-state index contributed by atoms with van der Waals surface area (Å²) in [6.07, 6.45) is 0. The van der Waals surface area contributed by atoms with Crippen LogP contribution in [-0.4, -0.2) is 31.3 Å². The minimum Gasteiger partial charge on any atom is -0.507 e. The number of nitrogens with one attached hydrogen (secondary N) is 1. The number of hydrogen-bond acceptors (Lipinski definition) is 4. The van der Waals surface area contributed by atoms with Crippen molar-refractivity contribution >= 4 is 16.7 Å². The van der Waals surface area contributed by atoms with Gasteiger partial charge in [0, 0.05) is 0 Å². The van der Waals surface area contributed by atoms with Gasteiger partial charge in [0.25, 0.3) is 5.91 Å². The molecule has 5 nitrogen and oxygen atoms in total. The van der Waals surface area contributed by atoms with Crippen LogP contribution in [0.3, 0.4) is 0 Å². The summed E-state index contributed by atoms with van der Waals surface area (Å²) in [7, 11) is 1.51. The van der Waals surface area contributed by atoms with Crippen LogP contribution in [0.2, 0.25) is 0 Å². The lowest BCUT2D eigenvalue weighted by atomic mass is 10.1. The number of amides is 1. The summed E-state index contributed by atoms with van der Waals surface area (Å²) in [6.45, 7) is 0.650. The summed E-state index contributed by atoms with van der Waals surface area (Å²) in [6, 6.07) is 18.4. The summed E-state index contributed by atoms with van der Waals surface area (Å²) in [5.74, 6) is 0.791. The first-order chi connectivity index (χ1) is 12.2. The van der Waals surface area contributed by atoms with E-state index in [1.807, 2.05) is 42.5 Å². The Labute approximate surface area is 145 Å². The van der Waals surface area contributed by atoms with E-state index in [-0.39, 0.29) is 17.2 Å². The zero-order valence-corrected chi connectivity index (χ0v) is 13.9. The SMILES string of the molecule is COc1ccc(O)c(C(=O)NCCOc2ccc3ccccc3c2)c1. The fourth-order valence-corrected chi connectivity index (χ4v) is 2.51. The van der Waals surface area contributed by atoms with Crippen LogP contribution in [-0.2, 0) is 0 Å². The average molecular weight is 337 g/mol. The Morgan fingerprint density at radius 1 is 1.00 bits per heavy atom. The molecule has 0 saturated heterocycles. The standard InChI is InChI=1S/C20H19NO4/c1-24-16-8-9-19(22)18(13-16)20(23)21-10-11-25-17-7-6-14-4-2-3-5-15(14)12-17/h2-9,12-13,22H,10-11H2,1H3,(H,21,23). The van der Waals surface area contributed by atoms with Gasteiger partial charge in [-0.2, -0.15) is 0 Å². The first-order valence-electron chi connectivity index (χ1n) is 7.94. The molecule has 0 heterocycles. The van der Waals surface area contributed by atoms with Gasteiger partial charge in [0.2, 0.25) is 0 Å². The van der Waals surface area contributed by atoms with Gasteiger partial charge < -0.3 is 19.9 Å². The molecule has 0 saturated carbocycles. The molecule has 0 radical (unpaired) electrons. The van der Waals surface area contributed by atoms with E-state index < -0.39 is 0 Å². The maximum absolute atomic E-state index is 12.1. The zero-order chi connectivity index (χ0) is 17.6. The third kappa shape index (κ3) is 4.01. The van der Waals surface area contributed by atoms with Crippen LogP contribution in [0.15, 0.2) is 60.7 Å². The smallest absolute Gasteiger partial charge is 0.255 e. The minimum atomic E-state index is -0.376. The number of fused-ring (bicyclic) bond motifs is 1. The van der Waals surface area contributed by atoms with Gasteiger partial charge in [-0.25, -0.2) is 0 Å². The van der Waals surface area contributed by atoms with Crippen LogP contribution in [0.4, 0.5) is 0 Å². The number of hydrogen-bond donors (Lipinski definition) is 2. The Hall–Kier alpha value is -3.21. The first-order valence-corrected chi connectivity index (χ1v) is 7.94. The van der Waals surface area contributed by atoms with Crippen molar-refractivity contribution in [2.24, 2.45) is 0 Å². The maximum atomic E-state index is 12.1. The molecule has 128 valence electrons. The second kappa shape index (κ2) is 7.57. The third-order valence-electron chi connectivity index (χ3n) is 3.83. The van der Waals surface area contributed by atoms with Gasteiger partial charge in [-0.3, -0.25) is 4.79 Å². The van der Waals surface area contributed by atoms with Gasteiger partial charge >= 0.3 is 0 Å². The monoisotopic (exact) mass is 337 g/mol. The van der Waals surface area contributed by atoms with Crippen LogP contribution < -0.4 is 14.8 Å². The Bertz CT molecular complexity index is 892. The molecule has 0 aliphatic heterocycles. The van der Waals surface area contributed by atoms with Gasteiger partial charge in [0.1, 0.15) is 23.9 Å². The lowest BCUT2D eigenvalue weighted by Gasteiger charge is -2.10. The second-order valence-corrected chi connectivity index (χ2v) is 5.50. The van der Waals surface area contributed by atoms with Gasteiger partial charge in [-0.05, 0) is 41.1 Å². The fourth-order valence-electron chi connectivity index (χ4n) is 2.51. The predicted molar refractivity (Wildman–Crippen MR) is 96.4 cm³/mol. The van der Waals surface area contributed by atoms with Crippen molar-refractivity contribution in [2.45, 2.75) is 0 Å². The Balaban J connectivity index is 1.54. The summed E-state index contributed by atoms with van der Waals surface area (Å²) < 4.78 is 10.7. The number of rotatable bonds is 6. The van der Waals surface area contributed by atoms with Crippen molar-refractivity contribution < 1.29 is 19.4 Å². The molecule has 0 aliphatic rings. The van der Waals surface area contributed by atoms with E-state index in [0.29, 0.717) is 18.9 Å². The van der Waals surface area contributed by atoms with E-state index in [1.165, 1.54) is 19.2 Å². The molecule has 0 bridgehead atoms. The third-order valence-corrected chi connectivity index (χ3v) is 3.83. The molecule has 2 N–H and O–H groups in total. The average Bonchev–Trinajstić information content (AvgIpc) is 2.65. The highest BCUT2D eigenvalue weighted by Gasteiger charge is 2.11. The van der Waals surface area contributed by atoms with Crippen LogP contribution in [0.5, 0.6) is 17.2 Å². The summed E-state index contributed by atoms with van der Waals surface area (Å²) >= 11 is 0. The quantitative estimate of drug-likeness (QED) is 0.677. The molecule has 3 aromatic rings. The van der Waals surface area contributed by atoms with Gasteiger partial charge in [0.05, 0.1) is 19.2 Å². The second-order valence-electron chi connectivity index (χ2n) is 5.50. The molecule has 0 spiro atoms. The lowest BCUT2D eigenvalue weighted by Crippen LogP contribution is -2.28. The molecule has 1 amide bonds. The highest BCUT2D eigenvalue weighted by Crippen LogP contribution is 2.23. The maximum Gasteiger partial charge on any atom is 0.255 e. The number of phenolic OH excluding ortho intramolecular Hbond substituents is 1. The molecule has 25 heavy (non-hydrogen) atoms. The number of benzene rings is 3. The lowest BCUT2D eigenvalue weighted by molar-refractivity contribution is 0.0944. The van der Waals surface area contributed by atoms with Crippen LogP contribution in [0, 0.1) is 0 Å². The van der Waals surface area contributed by atoms with Crippen LogP contribution in [0.25, 0.3) is 10.8 Å². The highest BCUT2D eigenvalue weighted by atomic mass is 16.5. The normalized spacial score (nSPS) is 10.4. The van der Waals surface area contributed by atoms with Crippen molar-refractivity contribution in [1.82, 2.24) is 5.32 Å². The minimum absolute atomic E-state index is 0.0891. The molecule has 0 unspecified atom stereocenters. The van der Waals surface area contributed by atoms with E-state index in [2.05, 4.69) is 5.32 Å². The van der Waals surface area contributed by atoms with Gasteiger partial charge in [0.15, 0.2) is 0 Å². The van der Waals surface area contributed by atoms with Crippen molar-refractivity contribution in [2.75, 3.05) is 20.3 Å². The fraction of sp³-hybridized carbons (Fsp3) is 0.150. The van der Waals surface area contributed by atoms with E-state index >= 15 is 0 Å². The molecule has 0 fully saturated rings. The van der Waals surface area contributed by atoms with E-state index in [4.69, 9.17) is 9.47 Å². The number of carbonyl (C=O) groups excluding carboxylic acids is 1. The van der Waals surface area contributed by atoms with Crippen molar-refractivity contribution in [1.29, 1.82) is 0 Å². The largest absolute Gasteiger partial charge is 0.507 e. The highest BCUT2D eigenvalue weighted by molar-refractivity contribution is 5.97. The van der Waals surface area contributed by atoms with Crippen molar-refractivity contribution in [3.05, 3.63) is 66.2 Å². The molecule has 0 aliphatic carbocycles. The van der Waals surface area contributed by atoms with Gasteiger partial charge in [-0.15, -0.1) is 0 Å². The Kier molecular flexibility index (Phi) is 5.04. The molecule has 0 aromatic heterocycles. The topological polar surface area (TPSA) is 67.8 Å². The number of methoxy groups -OCH3 is 1. The first kappa shape index (κ1) is 16.6.